The van der Waals surface area contributed by atoms with Gasteiger partial charge in [0.1, 0.15) is 4.90 Å². The summed E-state index contributed by atoms with van der Waals surface area (Å²) in [5.41, 5.74) is -1.76. The molecule has 10 nitrogen and oxygen atoms in total. The summed E-state index contributed by atoms with van der Waals surface area (Å²) in [5.74, 6) is -0.219. The Kier molecular flexibility index (Phi) is 15.9. The number of amides is 1. The molecule has 0 aliphatic carbocycles. The van der Waals surface area contributed by atoms with E-state index in [1.165, 1.54) is 35.0 Å². The molecule has 2 atom stereocenters. The van der Waals surface area contributed by atoms with Crippen LogP contribution in [0, 0.1) is 5.92 Å². The largest absolute Gasteiger partial charge is 0.501 e. The molecule has 2 fully saturated rings. The zero-order valence-electron chi connectivity index (χ0n) is 35.6. The number of sulfone groups is 1. The maximum atomic E-state index is 14.2. The third-order valence-corrected chi connectivity index (χ3v) is 16.4. The van der Waals surface area contributed by atoms with Gasteiger partial charge in [0.15, 0.2) is 0 Å². The number of aliphatic hydroxyl groups is 1. The highest BCUT2D eigenvalue weighted by atomic mass is 35.5. The van der Waals surface area contributed by atoms with E-state index >= 15 is 0 Å². The average Bonchev–Trinajstić information content (AvgIpc) is 3.74. The fourth-order valence-electron chi connectivity index (χ4n) is 8.68. The van der Waals surface area contributed by atoms with Gasteiger partial charge < -0.3 is 20.2 Å². The number of benzene rings is 5. The molecule has 2 aliphatic heterocycles. The van der Waals surface area contributed by atoms with Gasteiger partial charge >= 0.3 is 5.51 Å². The fourth-order valence-corrected chi connectivity index (χ4v) is 11.8. The summed E-state index contributed by atoms with van der Waals surface area (Å²) >= 11 is 7.57. The highest BCUT2D eigenvalue weighted by Gasteiger charge is 2.48. The second-order valence-corrected chi connectivity index (χ2v) is 21.6. The first kappa shape index (κ1) is 48.4. The van der Waals surface area contributed by atoms with Crippen molar-refractivity contribution in [3.63, 3.8) is 0 Å². The van der Waals surface area contributed by atoms with Crippen molar-refractivity contribution < 1.29 is 39.9 Å². The van der Waals surface area contributed by atoms with Gasteiger partial charge in [-0.1, -0.05) is 66.2 Å². The molecule has 0 aromatic heterocycles. The van der Waals surface area contributed by atoms with Gasteiger partial charge in [-0.3, -0.25) is 4.79 Å². The van der Waals surface area contributed by atoms with E-state index in [2.05, 4.69) is 27.2 Å². The summed E-state index contributed by atoms with van der Waals surface area (Å²) in [6.45, 7) is 3.00. The number of nitrogens with zero attached hydrogens (tertiary/aromatic N) is 2. The van der Waals surface area contributed by atoms with E-state index in [4.69, 9.17) is 11.6 Å². The summed E-state index contributed by atoms with van der Waals surface area (Å²) in [7, 11) is -10.9. The summed E-state index contributed by atoms with van der Waals surface area (Å²) < 4.78 is 98.1. The molecule has 0 spiro atoms. The van der Waals surface area contributed by atoms with Gasteiger partial charge in [-0.15, -0.1) is 11.8 Å². The van der Waals surface area contributed by atoms with Crippen molar-refractivity contribution in [2.24, 2.45) is 5.92 Å². The summed E-state index contributed by atoms with van der Waals surface area (Å²) in [4.78, 5) is 16.6. The Balaban J connectivity index is 1.03. The molecular weight excluding hydrogens is 917 g/mol. The van der Waals surface area contributed by atoms with Crippen molar-refractivity contribution in [1.29, 1.82) is 0 Å². The molecule has 346 valence electrons. The lowest BCUT2D eigenvalue weighted by Crippen LogP contribution is -2.37. The number of piperidine rings is 1. The van der Waals surface area contributed by atoms with Gasteiger partial charge in [0, 0.05) is 65.2 Å². The Morgan fingerprint density at radius 3 is 2.23 bits per heavy atom. The molecule has 0 bridgehead atoms. The van der Waals surface area contributed by atoms with E-state index in [0.29, 0.717) is 42.1 Å². The van der Waals surface area contributed by atoms with E-state index < -0.39 is 52.8 Å². The van der Waals surface area contributed by atoms with Crippen LogP contribution in [0.25, 0.3) is 11.1 Å². The topological polar surface area (TPSA) is 136 Å². The number of hydrogen-bond acceptors (Lipinski definition) is 10. The molecule has 0 radical (unpaired) electrons. The predicted octanol–water partition coefficient (Wildman–Crippen LogP) is 9.69. The summed E-state index contributed by atoms with van der Waals surface area (Å²) in [6.07, 6.45) is 5.51. The molecule has 2 heterocycles. The van der Waals surface area contributed by atoms with Crippen molar-refractivity contribution in [3.05, 3.63) is 137 Å². The van der Waals surface area contributed by atoms with Crippen molar-refractivity contribution in [2.45, 2.75) is 77.2 Å². The highest BCUT2D eigenvalue weighted by Crippen LogP contribution is 2.38. The second-order valence-electron chi connectivity index (χ2n) is 16.5. The monoisotopic (exact) mass is 968 g/mol. The highest BCUT2D eigenvalue weighted by molar-refractivity contribution is 7.99. The molecule has 5 aromatic carbocycles. The van der Waals surface area contributed by atoms with Crippen LogP contribution in [0.3, 0.4) is 0 Å². The Morgan fingerprint density at radius 1 is 0.846 bits per heavy atom. The van der Waals surface area contributed by atoms with Gasteiger partial charge in [-0.25, -0.2) is 21.6 Å². The van der Waals surface area contributed by atoms with Crippen LogP contribution in [-0.4, -0.2) is 88.9 Å². The normalized spacial score (nSPS) is 16.9. The van der Waals surface area contributed by atoms with Crippen LogP contribution in [0.5, 0.6) is 0 Å². The second kappa shape index (κ2) is 21.4. The van der Waals surface area contributed by atoms with Crippen molar-refractivity contribution in [1.82, 2.24) is 9.62 Å². The number of anilines is 2. The molecule has 5 aromatic rings. The van der Waals surface area contributed by atoms with Crippen LogP contribution in [0.2, 0.25) is 5.02 Å². The number of carbonyl (C=O) groups excluding carboxylic acids is 1. The summed E-state index contributed by atoms with van der Waals surface area (Å²) in [5, 5.41) is 13.1. The number of aliphatic hydroxyl groups excluding tert-OH is 1. The van der Waals surface area contributed by atoms with E-state index in [0.717, 1.165) is 80.0 Å². The minimum atomic E-state index is -6.08. The number of thioether (sulfide) groups is 1. The van der Waals surface area contributed by atoms with Crippen LogP contribution < -0.4 is 14.9 Å². The minimum absolute atomic E-state index is 0.00820. The van der Waals surface area contributed by atoms with Crippen LogP contribution in [0.4, 0.5) is 24.5 Å². The van der Waals surface area contributed by atoms with Gasteiger partial charge in [0.05, 0.1) is 10.6 Å². The van der Waals surface area contributed by atoms with Gasteiger partial charge in [0.25, 0.3) is 25.8 Å². The van der Waals surface area contributed by atoms with Gasteiger partial charge in [-0.05, 0) is 141 Å². The quantitative estimate of drug-likeness (QED) is 0.0729. The molecule has 0 unspecified atom stereocenters. The number of hydrogen-bond donors (Lipinski definition) is 3. The fraction of sp³-hybridized carbons (Fsp3) is 0.354. The number of sulfonamides is 1. The Hall–Kier alpha value is -4.58. The van der Waals surface area contributed by atoms with Crippen molar-refractivity contribution >= 4 is 60.5 Å². The van der Waals surface area contributed by atoms with Gasteiger partial charge in [0.2, 0.25) is 0 Å². The van der Waals surface area contributed by atoms with E-state index in [9.17, 15) is 39.9 Å². The maximum absolute atomic E-state index is 14.2. The van der Waals surface area contributed by atoms with E-state index in [1.807, 2.05) is 71.5 Å². The molecule has 7 rings (SSSR count). The SMILES string of the molecule is O=C(NS(=O)(=O)c1ccc(N[C@@H](CSc2ccccc2)C[C@@H]2CCCN2CCCO)c(S(=O)(=O)C(F)(F)F)c1)c1ccc(N2CCC(Cc3ccccc3-c3ccc(Cl)cc3)CC2)cc1. The van der Waals surface area contributed by atoms with Crippen LogP contribution in [-0.2, 0) is 26.3 Å². The first-order valence-electron chi connectivity index (χ1n) is 21.6. The molecule has 3 N–H and O–H groups in total. The first-order valence-corrected chi connectivity index (χ1v) is 25.9. The maximum Gasteiger partial charge on any atom is 0.501 e. The standard InChI is InChI=1S/C48H52ClF3N4O6S3/c49-38-17-13-35(14-18-38)44-12-5-4-8-37(44)30-34-23-27-56(28-24-34)40-19-15-36(16-20-40)47(58)54-65(61,62)43-21-22-45(46(32-43)64(59,60)48(50,51)52)53-39(33-63-42-10-2-1-3-11-42)31-41-9-6-25-55(41)26-7-29-57/h1-5,8,10-22,32,34,39,41,53,57H,6-7,9,23-31,33H2,(H,54,58)/t39-,41+/m1/s1. The first-order chi connectivity index (χ1) is 31.1. The molecule has 0 saturated carbocycles. The van der Waals surface area contributed by atoms with E-state index in [1.54, 1.807) is 12.1 Å². The number of nitrogens with one attached hydrogen (secondary N) is 2. The lowest BCUT2D eigenvalue weighted by atomic mass is 9.87. The molecular formula is C48H52ClF3N4O6S3. The lowest BCUT2D eigenvalue weighted by molar-refractivity contribution is -0.0435. The molecule has 17 heteroatoms. The molecule has 2 aliphatic rings. The third kappa shape index (κ3) is 12.3. The Labute approximate surface area is 388 Å². The van der Waals surface area contributed by atoms with Crippen LogP contribution in [0.15, 0.2) is 136 Å². The van der Waals surface area contributed by atoms with Crippen LogP contribution in [0.1, 0.15) is 54.4 Å². The zero-order valence-corrected chi connectivity index (χ0v) is 38.8. The number of rotatable bonds is 18. The van der Waals surface area contributed by atoms with Crippen molar-refractivity contribution in [3.8, 4) is 11.1 Å². The number of carbonyl (C=O) groups is 1. The number of alkyl halides is 3. The minimum Gasteiger partial charge on any atom is -0.396 e. The third-order valence-electron chi connectivity index (χ3n) is 12.1. The number of likely N-dealkylation sites (tertiary alicyclic amines) is 1. The molecule has 2 saturated heterocycles. The Bertz CT molecular complexity index is 2620. The lowest BCUT2D eigenvalue weighted by Gasteiger charge is -2.34. The zero-order chi connectivity index (χ0) is 46.2. The van der Waals surface area contributed by atoms with E-state index in [-0.39, 0.29) is 18.2 Å². The summed E-state index contributed by atoms with van der Waals surface area (Å²) in [6, 6.07) is 33.9. The molecule has 65 heavy (non-hydrogen) atoms. The van der Waals surface area contributed by atoms with Crippen LogP contribution >= 0.6 is 23.4 Å². The molecule has 1 amide bonds. The Morgan fingerprint density at radius 2 is 1.54 bits per heavy atom. The smallest absolute Gasteiger partial charge is 0.396 e. The predicted molar refractivity (Wildman–Crippen MR) is 252 cm³/mol. The number of halogens is 4. The van der Waals surface area contributed by atoms with Gasteiger partial charge in [-0.2, -0.15) is 13.2 Å². The average molecular weight is 970 g/mol. The van der Waals surface area contributed by atoms with Crippen molar-refractivity contribution in [2.75, 3.05) is 48.8 Å².